The van der Waals surface area contributed by atoms with Gasteiger partial charge in [-0.15, -0.1) is 0 Å². The average molecular weight is 665 g/mol. The van der Waals surface area contributed by atoms with Crippen LogP contribution in [-0.4, -0.2) is 62.2 Å². The van der Waals surface area contributed by atoms with Gasteiger partial charge in [0.1, 0.15) is 27.9 Å². The van der Waals surface area contributed by atoms with Gasteiger partial charge in [0.2, 0.25) is 0 Å². The van der Waals surface area contributed by atoms with Gasteiger partial charge < -0.3 is 30.6 Å². The molecular formula is C38H50NO9+. The van der Waals surface area contributed by atoms with Crippen LogP contribution in [0.3, 0.4) is 0 Å². The van der Waals surface area contributed by atoms with Crippen molar-refractivity contribution >= 4 is 0 Å². The van der Waals surface area contributed by atoms with Crippen LogP contribution in [0, 0.1) is 16.7 Å². The smallest absolute Gasteiger partial charge is 0.477 e. The molecule has 0 heterocycles. The number of allylic oxidation sites excluding steroid dienone is 4. The van der Waals surface area contributed by atoms with Crippen LogP contribution in [0.1, 0.15) is 86.5 Å². The fraction of sp³-hybridized carbons (Fsp3) is 0.474. The lowest BCUT2D eigenvalue weighted by Gasteiger charge is -2.31. The van der Waals surface area contributed by atoms with Crippen LogP contribution in [0.5, 0.6) is 23.0 Å². The third-order valence-corrected chi connectivity index (χ3v) is 9.59. The maximum absolute atomic E-state index is 12.0. The molecule has 0 aliphatic heterocycles. The summed E-state index contributed by atoms with van der Waals surface area (Å²) in [6.07, 6.45) is 8.63. The Kier molecular flexibility index (Phi) is 12.7. The van der Waals surface area contributed by atoms with E-state index in [0.717, 1.165) is 48.0 Å². The Bertz CT molecular complexity index is 1400. The molecule has 0 fully saturated rings. The Morgan fingerprint density at radius 1 is 0.708 bits per heavy atom. The second kappa shape index (κ2) is 16.7. The van der Waals surface area contributed by atoms with Crippen LogP contribution < -0.4 is 0 Å². The minimum absolute atomic E-state index is 0.0274. The molecule has 0 radical (unpaired) electrons. The van der Waals surface area contributed by atoms with Crippen molar-refractivity contribution in [2.45, 2.75) is 77.0 Å². The SMILES string of the molecule is C=C(C)[C@H]1CCC(CO)=C[C@@H]1c1c(O)cc(CCCO[N+](=O)OCCCc2cc(O)c([C@H]3C=C(CO)CC[C@@H]3C(=C)C)c(O)c2)cc1O. The molecule has 6 N–H and O–H groups in total. The van der Waals surface area contributed by atoms with Crippen LogP contribution in [0.15, 0.2) is 71.9 Å². The maximum atomic E-state index is 12.0. The Labute approximate surface area is 282 Å². The number of aliphatic hydroxyl groups is 2. The Morgan fingerprint density at radius 2 is 1.06 bits per heavy atom. The topological polar surface area (TPSA) is 160 Å². The molecule has 4 rings (SSSR count). The summed E-state index contributed by atoms with van der Waals surface area (Å²) in [5.41, 5.74) is 5.86. The number of hydrogen-bond acceptors (Lipinski definition) is 9. The summed E-state index contributed by atoms with van der Waals surface area (Å²) in [5.74, 6) is -0.597. The first-order valence-electron chi connectivity index (χ1n) is 16.7. The first kappa shape index (κ1) is 36.6. The van der Waals surface area contributed by atoms with E-state index in [1.165, 1.54) is 0 Å². The van der Waals surface area contributed by atoms with E-state index in [1.807, 2.05) is 26.0 Å². The van der Waals surface area contributed by atoms with Gasteiger partial charge in [-0.2, -0.15) is 9.68 Å². The van der Waals surface area contributed by atoms with E-state index in [9.17, 15) is 35.5 Å². The Hall–Kier alpha value is -4.28. The van der Waals surface area contributed by atoms with E-state index in [2.05, 4.69) is 13.2 Å². The molecule has 2 aromatic carbocycles. The summed E-state index contributed by atoms with van der Waals surface area (Å²) >= 11 is 0. The Morgan fingerprint density at radius 3 is 1.38 bits per heavy atom. The van der Waals surface area contributed by atoms with E-state index >= 15 is 0 Å². The number of hydrogen-bond donors (Lipinski definition) is 6. The van der Waals surface area contributed by atoms with E-state index < -0.39 is 0 Å². The van der Waals surface area contributed by atoms with Crippen LogP contribution in [0.4, 0.5) is 0 Å². The van der Waals surface area contributed by atoms with Crippen LogP contribution in [-0.2, 0) is 22.5 Å². The molecule has 2 aliphatic carbocycles. The van der Waals surface area contributed by atoms with Crippen molar-refractivity contribution in [1.29, 1.82) is 0 Å². The summed E-state index contributed by atoms with van der Waals surface area (Å²) in [4.78, 5) is 22.3. The monoisotopic (exact) mass is 664 g/mol. The van der Waals surface area contributed by atoms with Gasteiger partial charge in [0.15, 0.2) is 13.2 Å². The summed E-state index contributed by atoms with van der Waals surface area (Å²) in [5, 5.41) is 62.7. The van der Waals surface area contributed by atoms with E-state index in [-0.39, 0.29) is 78.2 Å². The summed E-state index contributed by atoms with van der Waals surface area (Å²) < 4.78 is 0. The van der Waals surface area contributed by atoms with Gasteiger partial charge in [-0.25, -0.2) is 0 Å². The van der Waals surface area contributed by atoms with Gasteiger partial charge in [0.25, 0.3) is 0 Å². The highest BCUT2D eigenvalue weighted by Gasteiger charge is 2.32. The molecule has 48 heavy (non-hydrogen) atoms. The molecule has 2 aliphatic rings. The fourth-order valence-electron chi connectivity index (χ4n) is 7.09. The zero-order valence-electron chi connectivity index (χ0n) is 28.0. The predicted octanol–water partition coefficient (Wildman–Crippen LogP) is 6.69. The lowest BCUT2D eigenvalue weighted by Crippen LogP contribution is -2.18. The van der Waals surface area contributed by atoms with Gasteiger partial charge in [0, 0.05) is 23.0 Å². The molecule has 0 saturated heterocycles. The van der Waals surface area contributed by atoms with Crippen molar-refractivity contribution in [2.75, 3.05) is 26.4 Å². The lowest BCUT2D eigenvalue weighted by atomic mass is 9.73. The summed E-state index contributed by atoms with van der Waals surface area (Å²) in [6, 6.07) is 6.43. The third kappa shape index (κ3) is 8.99. The lowest BCUT2D eigenvalue weighted by molar-refractivity contribution is -0.981. The molecular weight excluding hydrogens is 614 g/mol. The van der Waals surface area contributed by atoms with Gasteiger partial charge in [-0.1, -0.05) is 36.5 Å². The molecule has 0 amide bonds. The number of aromatic hydroxyl groups is 4. The minimum Gasteiger partial charge on any atom is -0.507 e. The van der Waals surface area contributed by atoms with Crippen molar-refractivity contribution in [2.24, 2.45) is 11.8 Å². The van der Waals surface area contributed by atoms with Crippen LogP contribution >= 0.6 is 0 Å². The number of phenolic OH excluding ortho intramolecular Hbond substituents is 4. The second-order valence-electron chi connectivity index (χ2n) is 13.2. The molecule has 0 aromatic heterocycles. The number of benzene rings is 2. The Balaban J connectivity index is 1.23. The number of aliphatic hydroxyl groups excluding tert-OH is 2. The van der Waals surface area contributed by atoms with Gasteiger partial charge >= 0.3 is 5.09 Å². The quantitative estimate of drug-likeness (QED) is 0.0653. The number of rotatable bonds is 16. The molecule has 10 nitrogen and oxygen atoms in total. The number of phenols is 4. The highest BCUT2D eigenvalue weighted by molar-refractivity contribution is 5.53. The largest absolute Gasteiger partial charge is 0.507 e. The van der Waals surface area contributed by atoms with Crippen LogP contribution in [0.2, 0.25) is 0 Å². The normalized spacial score (nSPS) is 20.8. The van der Waals surface area contributed by atoms with Gasteiger partial charge in [-0.3, -0.25) is 0 Å². The molecule has 0 bridgehead atoms. The van der Waals surface area contributed by atoms with E-state index in [0.29, 0.717) is 47.9 Å². The maximum Gasteiger partial charge on any atom is 0.477 e. The van der Waals surface area contributed by atoms with Crippen LogP contribution in [0.25, 0.3) is 0 Å². The van der Waals surface area contributed by atoms with Crippen molar-refractivity contribution < 1.29 is 45.4 Å². The number of aryl methyl sites for hydroxylation is 2. The average Bonchev–Trinajstić information content (AvgIpc) is 3.04. The van der Waals surface area contributed by atoms with Crippen molar-refractivity contribution in [1.82, 2.24) is 0 Å². The predicted molar refractivity (Wildman–Crippen MR) is 183 cm³/mol. The summed E-state index contributed by atoms with van der Waals surface area (Å²) in [6.45, 7) is 12.0. The van der Waals surface area contributed by atoms with Crippen molar-refractivity contribution in [3.63, 3.8) is 0 Å². The minimum atomic E-state index is -0.285. The highest BCUT2D eigenvalue weighted by atomic mass is 17.0. The standard InChI is InChI=1S/C38H49NO9/c1-23(2)29-11-9-27(21-40)15-31(29)37-33(42)17-25(18-34(37)43)7-5-13-47-39(46)48-14-6-8-26-19-35(44)38(36(45)20-26)32-16-28(22-41)10-12-30(32)24(3)4/h15-20,29-32,40-41H,1,3,5-14,21-22H2,2,4H3,(H3-,42,43,44,45)/p+1/t29-,30-,31+,32+/m1/s1. The van der Waals surface area contributed by atoms with Crippen molar-refractivity contribution in [3.8, 4) is 23.0 Å². The first-order chi connectivity index (χ1) is 22.9. The molecule has 0 unspecified atom stereocenters. The van der Waals surface area contributed by atoms with Crippen molar-refractivity contribution in [3.05, 3.63) is 99.0 Å². The molecule has 0 spiro atoms. The first-order valence-corrected chi connectivity index (χ1v) is 16.7. The molecule has 10 heteroatoms. The van der Waals surface area contributed by atoms with E-state index in [1.54, 1.807) is 24.3 Å². The molecule has 0 saturated carbocycles. The van der Waals surface area contributed by atoms with E-state index in [4.69, 9.17) is 9.68 Å². The summed E-state index contributed by atoms with van der Waals surface area (Å²) in [7, 11) is 0. The zero-order valence-corrected chi connectivity index (χ0v) is 28.0. The molecule has 2 aromatic rings. The highest BCUT2D eigenvalue weighted by Crippen LogP contribution is 2.48. The third-order valence-electron chi connectivity index (χ3n) is 9.59. The zero-order chi connectivity index (χ0) is 35.0. The fourth-order valence-corrected chi connectivity index (χ4v) is 7.09. The second-order valence-corrected chi connectivity index (χ2v) is 13.2. The van der Waals surface area contributed by atoms with Gasteiger partial charge in [-0.05, 0) is 124 Å². The number of nitrogens with zero attached hydrogens (tertiary/aromatic N) is 1. The molecule has 260 valence electrons. The van der Waals surface area contributed by atoms with Gasteiger partial charge in [0.05, 0.1) is 13.2 Å². The molecule has 4 atom stereocenters.